The van der Waals surface area contributed by atoms with Gasteiger partial charge in [0.25, 0.3) is 5.91 Å². The number of piperidine rings is 3. The SMILES string of the molecule is O=C(N[C@@H]1CN2CCC1CC2)c1ccc(C(F)(F)F)nc1. The first kappa shape index (κ1) is 14.3. The summed E-state index contributed by atoms with van der Waals surface area (Å²) in [5.74, 6) is 0.122. The van der Waals surface area contributed by atoms with Crippen LogP contribution in [0.3, 0.4) is 0 Å². The van der Waals surface area contributed by atoms with Crippen molar-refractivity contribution < 1.29 is 18.0 Å². The van der Waals surface area contributed by atoms with Gasteiger partial charge in [-0.15, -0.1) is 0 Å². The van der Waals surface area contributed by atoms with E-state index in [1.807, 2.05) is 0 Å². The van der Waals surface area contributed by atoms with Crippen molar-refractivity contribution in [2.45, 2.75) is 25.1 Å². The molecule has 3 aliphatic heterocycles. The summed E-state index contributed by atoms with van der Waals surface area (Å²) in [6.07, 6.45) is -1.36. The summed E-state index contributed by atoms with van der Waals surface area (Å²) in [6, 6.07) is 2.10. The number of aromatic nitrogens is 1. The Hall–Kier alpha value is -1.63. The minimum absolute atomic E-state index is 0.0855. The standard InChI is InChI=1S/C14H16F3N3O/c15-14(16,17)12-2-1-10(7-18-12)13(21)19-11-8-20-5-3-9(11)4-6-20/h1-2,7,9,11H,3-6,8H2,(H,19,21)/t11-/m1/s1. The number of hydrogen-bond donors (Lipinski definition) is 1. The molecule has 0 aromatic carbocycles. The van der Waals surface area contributed by atoms with Crippen LogP contribution in [-0.2, 0) is 6.18 Å². The highest BCUT2D eigenvalue weighted by molar-refractivity contribution is 5.94. The lowest BCUT2D eigenvalue weighted by Crippen LogP contribution is -2.57. The molecule has 3 saturated heterocycles. The molecule has 0 saturated carbocycles. The smallest absolute Gasteiger partial charge is 0.348 e. The van der Waals surface area contributed by atoms with Gasteiger partial charge in [-0.25, -0.2) is 0 Å². The number of carbonyl (C=O) groups excluding carboxylic acids is 1. The fourth-order valence-corrected chi connectivity index (χ4v) is 3.08. The fraction of sp³-hybridized carbons (Fsp3) is 0.571. The predicted molar refractivity (Wildman–Crippen MR) is 69.7 cm³/mol. The van der Waals surface area contributed by atoms with Crippen LogP contribution >= 0.6 is 0 Å². The molecule has 1 aromatic rings. The molecule has 1 atom stereocenters. The van der Waals surface area contributed by atoms with E-state index in [0.29, 0.717) is 5.92 Å². The summed E-state index contributed by atoms with van der Waals surface area (Å²) >= 11 is 0. The van der Waals surface area contributed by atoms with Crippen molar-refractivity contribution in [3.05, 3.63) is 29.6 Å². The molecule has 3 aliphatic rings. The van der Waals surface area contributed by atoms with Gasteiger partial charge < -0.3 is 10.2 Å². The highest BCUT2D eigenvalue weighted by Gasteiger charge is 2.35. The second-order valence-corrected chi connectivity index (χ2v) is 5.65. The second-order valence-electron chi connectivity index (χ2n) is 5.65. The zero-order valence-corrected chi connectivity index (χ0v) is 11.4. The average molecular weight is 299 g/mol. The maximum atomic E-state index is 12.4. The summed E-state index contributed by atoms with van der Waals surface area (Å²) in [5.41, 5.74) is -0.818. The van der Waals surface area contributed by atoms with Gasteiger partial charge in [0, 0.05) is 18.8 Å². The maximum absolute atomic E-state index is 12.4. The number of fused-ring (bicyclic) bond motifs is 3. The Morgan fingerprint density at radius 2 is 2.00 bits per heavy atom. The van der Waals surface area contributed by atoms with Gasteiger partial charge in [0.2, 0.25) is 0 Å². The van der Waals surface area contributed by atoms with Crippen molar-refractivity contribution in [1.82, 2.24) is 15.2 Å². The number of amides is 1. The summed E-state index contributed by atoms with van der Waals surface area (Å²) in [5, 5.41) is 2.92. The van der Waals surface area contributed by atoms with E-state index >= 15 is 0 Å². The van der Waals surface area contributed by atoms with Crippen LogP contribution < -0.4 is 5.32 Å². The van der Waals surface area contributed by atoms with Crippen LogP contribution in [0.1, 0.15) is 28.9 Å². The molecule has 1 amide bonds. The van der Waals surface area contributed by atoms with E-state index in [1.165, 1.54) is 6.07 Å². The molecule has 4 heterocycles. The molecule has 21 heavy (non-hydrogen) atoms. The van der Waals surface area contributed by atoms with E-state index in [9.17, 15) is 18.0 Å². The van der Waals surface area contributed by atoms with E-state index in [4.69, 9.17) is 0 Å². The molecule has 1 aromatic heterocycles. The Morgan fingerprint density at radius 1 is 1.29 bits per heavy atom. The molecule has 4 nitrogen and oxygen atoms in total. The molecule has 3 fully saturated rings. The minimum atomic E-state index is -4.48. The van der Waals surface area contributed by atoms with E-state index in [1.54, 1.807) is 0 Å². The third-order valence-electron chi connectivity index (χ3n) is 4.29. The zero-order chi connectivity index (χ0) is 15.0. The topological polar surface area (TPSA) is 45.2 Å². The summed E-state index contributed by atoms with van der Waals surface area (Å²) in [7, 11) is 0. The third-order valence-corrected chi connectivity index (χ3v) is 4.29. The largest absolute Gasteiger partial charge is 0.433 e. The molecule has 0 unspecified atom stereocenters. The van der Waals surface area contributed by atoms with Crippen LogP contribution in [0.2, 0.25) is 0 Å². The Bertz CT molecular complexity index is 521. The van der Waals surface area contributed by atoms with Gasteiger partial charge in [0.05, 0.1) is 5.56 Å². The molecule has 4 rings (SSSR count). The van der Waals surface area contributed by atoms with Gasteiger partial charge >= 0.3 is 6.18 Å². The van der Waals surface area contributed by atoms with Gasteiger partial charge in [0.15, 0.2) is 0 Å². The Labute approximate surface area is 120 Å². The fourth-order valence-electron chi connectivity index (χ4n) is 3.08. The monoisotopic (exact) mass is 299 g/mol. The molecule has 0 spiro atoms. The van der Waals surface area contributed by atoms with Crippen molar-refractivity contribution in [3.8, 4) is 0 Å². The average Bonchev–Trinajstić information content (AvgIpc) is 2.48. The first-order valence-electron chi connectivity index (χ1n) is 7.00. The Balaban J connectivity index is 1.65. The molecule has 7 heteroatoms. The van der Waals surface area contributed by atoms with Gasteiger partial charge in [-0.2, -0.15) is 13.2 Å². The highest BCUT2D eigenvalue weighted by atomic mass is 19.4. The highest BCUT2D eigenvalue weighted by Crippen LogP contribution is 2.28. The van der Waals surface area contributed by atoms with Crippen molar-refractivity contribution >= 4 is 5.91 Å². The number of hydrogen-bond acceptors (Lipinski definition) is 3. The second kappa shape index (κ2) is 5.29. The van der Waals surface area contributed by atoms with Gasteiger partial charge in [0.1, 0.15) is 5.69 Å². The van der Waals surface area contributed by atoms with E-state index < -0.39 is 11.9 Å². The summed E-state index contributed by atoms with van der Waals surface area (Å²) in [6.45, 7) is 2.96. The lowest BCUT2D eigenvalue weighted by atomic mass is 9.84. The van der Waals surface area contributed by atoms with Crippen LogP contribution in [0.5, 0.6) is 0 Å². The number of halogens is 3. The predicted octanol–water partition coefficient (Wildman–Crippen LogP) is 1.92. The first-order valence-corrected chi connectivity index (χ1v) is 7.00. The number of nitrogens with one attached hydrogen (secondary N) is 1. The summed E-state index contributed by atoms with van der Waals surface area (Å²) in [4.78, 5) is 17.7. The number of alkyl halides is 3. The van der Waals surface area contributed by atoms with Gasteiger partial charge in [-0.3, -0.25) is 9.78 Å². The van der Waals surface area contributed by atoms with Crippen molar-refractivity contribution in [3.63, 3.8) is 0 Å². The Kier molecular flexibility index (Phi) is 3.61. The van der Waals surface area contributed by atoms with Crippen LogP contribution in [0.15, 0.2) is 18.3 Å². The molecular formula is C14H16F3N3O. The maximum Gasteiger partial charge on any atom is 0.433 e. The molecular weight excluding hydrogens is 283 g/mol. The first-order chi connectivity index (χ1) is 9.93. The number of rotatable bonds is 2. The third kappa shape index (κ3) is 3.02. The molecule has 1 N–H and O–H groups in total. The van der Waals surface area contributed by atoms with Crippen molar-refractivity contribution in [2.24, 2.45) is 5.92 Å². The quantitative estimate of drug-likeness (QED) is 0.907. The van der Waals surface area contributed by atoms with Crippen LogP contribution in [0, 0.1) is 5.92 Å². The normalized spacial score (nSPS) is 28.4. The zero-order valence-electron chi connectivity index (χ0n) is 11.4. The van der Waals surface area contributed by atoms with Crippen LogP contribution in [-0.4, -0.2) is 41.5 Å². The molecule has 0 radical (unpaired) electrons. The van der Waals surface area contributed by atoms with Crippen LogP contribution in [0.4, 0.5) is 13.2 Å². The lowest BCUT2D eigenvalue weighted by Gasteiger charge is -2.44. The minimum Gasteiger partial charge on any atom is -0.348 e. The summed E-state index contributed by atoms with van der Waals surface area (Å²) < 4.78 is 37.3. The van der Waals surface area contributed by atoms with Gasteiger partial charge in [-0.1, -0.05) is 0 Å². The molecule has 0 aliphatic carbocycles. The van der Waals surface area contributed by atoms with Crippen LogP contribution in [0.25, 0.3) is 0 Å². The molecule has 114 valence electrons. The van der Waals surface area contributed by atoms with E-state index in [-0.39, 0.29) is 17.5 Å². The van der Waals surface area contributed by atoms with Crippen molar-refractivity contribution in [1.29, 1.82) is 0 Å². The van der Waals surface area contributed by atoms with Crippen molar-refractivity contribution in [2.75, 3.05) is 19.6 Å². The number of pyridine rings is 1. The Morgan fingerprint density at radius 3 is 2.48 bits per heavy atom. The lowest BCUT2D eigenvalue weighted by molar-refractivity contribution is -0.141. The molecule has 2 bridgehead atoms. The van der Waals surface area contributed by atoms with Gasteiger partial charge in [-0.05, 0) is 44.0 Å². The number of carbonyl (C=O) groups is 1. The number of nitrogens with zero attached hydrogens (tertiary/aromatic N) is 2. The van der Waals surface area contributed by atoms with E-state index in [0.717, 1.165) is 44.7 Å². The van der Waals surface area contributed by atoms with E-state index in [2.05, 4.69) is 15.2 Å².